The molecule has 2 heterocycles. The van der Waals surface area contributed by atoms with Crippen molar-refractivity contribution in [2.45, 2.75) is 25.3 Å². The summed E-state index contributed by atoms with van der Waals surface area (Å²) in [6.45, 7) is 1.42. The maximum Gasteiger partial charge on any atom is 0.329 e. The van der Waals surface area contributed by atoms with Crippen LogP contribution in [0, 0.1) is 10.1 Å². The lowest BCUT2D eigenvalue weighted by atomic mass is 10.1. The standard InChI is InChI=1S/C15H17N3O3/c19-18(20)14-9-17-13-7-2-1-6-12(13)15(14)21-10-11-5-3-4-8-16-11/h1-2,6-7,9,11,16H,3-5,8,10H2. The van der Waals surface area contributed by atoms with Gasteiger partial charge in [-0.1, -0.05) is 18.6 Å². The number of nitrogens with one attached hydrogen (secondary N) is 1. The first-order valence-electron chi connectivity index (χ1n) is 7.14. The third kappa shape index (κ3) is 2.95. The molecule has 1 aliphatic heterocycles. The minimum absolute atomic E-state index is 0.0792. The van der Waals surface area contributed by atoms with Crippen LogP contribution in [0.4, 0.5) is 5.69 Å². The number of para-hydroxylation sites is 1. The van der Waals surface area contributed by atoms with Crippen molar-refractivity contribution < 1.29 is 9.66 Å². The van der Waals surface area contributed by atoms with E-state index < -0.39 is 4.92 Å². The van der Waals surface area contributed by atoms with Gasteiger partial charge in [0.25, 0.3) is 0 Å². The van der Waals surface area contributed by atoms with Gasteiger partial charge in [-0.3, -0.25) is 10.1 Å². The summed E-state index contributed by atoms with van der Waals surface area (Å²) in [5.41, 5.74) is 0.624. The van der Waals surface area contributed by atoms with Gasteiger partial charge in [0.1, 0.15) is 12.8 Å². The van der Waals surface area contributed by atoms with Crippen molar-refractivity contribution in [3.63, 3.8) is 0 Å². The molecule has 1 saturated heterocycles. The van der Waals surface area contributed by atoms with Crippen LogP contribution in [0.5, 0.6) is 5.75 Å². The molecule has 0 bridgehead atoms. The third-order valence-electron chi connectivity index (χ3n) is 3.75. The fourth-order valence-corrected chi connectivity index (χ4v) is 2.64. The molecule has 6 heteroatoms. The summed E-state index contributed by atoms with van der Waals surface area (Å²) in [6, 6.07) is 7.57. The van der Waals surface area contributed by atoms with Gasteiger partial charge in [0.2, 0.25) is 5.75 Å². The average Bonchev–Trinajstić information content (AvgIpc) is 2.53. The summed E-state index contributed by atoms with van der Waals surface area (Å²) in [6.07, 6.45) is 4.65. The summed E-state index contributed by atoms with van der Waals surface area (Å²) in [5.74, 6) is 0.318. The summed E-state index contributed by atoms with van der Waals surface area (Å²) in [5, 5.41) is 15.2. The predicted molar refractivity (Wildman–Crippen MR) is 79.5 cm³/mol. The first-order chi connectivity index (χ1) is 10.3. The van der Waals surface area contributed by atoms with Crippen molar-refractivity contribution in [3.8, 4) is 5.75 Å². The molecular formula is C15H17N3O3. The molecule has 2 aromatic rings. The summed E-state index contributed by atoms with van der Waals surface area (Å²) in [7, 11) is 0. The Bertz CT molecular complexity index is 654. The number of benzene rings is 1. The molecule has 0 aliphatic carbocycles. The number of ether oxygens (including phenoxy) is 1. The molecule has 1 atom stereocenters. The van der Waals surface area contributed by atoms with E-state index >= 15 is 0 Å². The molecule has 1 N–H and O–H groups in total. The fourth-order valence-electron chi connectivity index (χ4n) is 2.64. The van der Waals surface area contributed by atoms with Crippen LogP contribution in [-0.2, 0) is 0 Å². The highest BCUT2D eigenvalue weighted by Crippen LogP contribution is 2.33. The first-order valence-corrected chi connectivity index (χ1v) is 7.14. The Balaban J connectivity index is 1.90. The zero-order valence-electron chi connectivity index (χ0n) is 11.6. The highest BCUT2D eigenvalue weighted by molar-refractivity contribution is 5.88. The molecule has 0 amide bonds. The number of pyridine rings is 1. The van der Waals surface area contributed by atoms with Gasteiger partial charge < -0.3 is 10.1 Å². The van der Waals surface area contributed by atoms with Gasteiger partial charge in [0.15, 0.2) is 0 Å². The maximum absolute atomic E-state index is 11.2. The number of rotatable bonds is 4. The maximum atomic E-state index is 11.2. The Labute approximate surface area is 122 Å². The molecular weight excluding hydrogens is 270 g/mol. The van der Waals surface area contributed by atoms with E-state index in [2.05, 4.69) is 10.3 Å². The highest BCUT2D eigenvalue weighted by Gasteiger charge is 2.21. The van der Waals surface area contributed by atoms with Crippen LogP contribution >= 0.6 is 0 Å². The van der Waals surface area contributed by atoms with Crippen LogP contribution < -0.4 is 10.1 Å². The van der Waals surface area contributed by atoms with E-state index in [-0.39, 0.29) is 11.7 Å². The molecule has 3 rings (SSSR count). The quantitative estimate of drug-likeness (QED) is 0.691. The van der Waals surface area contributed by atoms with Crippen molar-refractivity contribution in [2.75, 3.05) is 13.2 Å². The highest BCUT2D eigenvalue weighted by atomic mass is 16.6. The summed E-state index contributed by atoms with van der Waals surface area (Å²) >= 11 is 0. The monoisotopic (exact) mass is 287 g/mol. The van der Waals surface area contributed by atoms with Gasteiger partial charge >= 0.3 is 5.69 Å². The number of nitrogens with zero attached hydrogens (tertiary/aromatic N) is 2. The fraction of sp³-hybridized carbons (Fsp3) is 0.400. The number of hydrogen-bond acceptors (Lipinski definition) is 5. The van der Waals surface area contributed by atoms with Crippen molar-refractivity contribution in [2.24, 2.45) is 0 Å². The first kappa shape index (κ1) is 13.8. The van der Waals surface area contributed by atoms with Gasteiger partial charge in [-0.05, 0) is 31.5 Å². The second-order valence-corrected chi connectivity index (χ2v) is 5.20. The second kappa shape index (κ2) is 6.05. The molecule has 110 valence electrons. The minimum atomic E-state index is -0.441. The van der Waals surface area contributed by atoms with Crippen molar-refractivity contribution in [1.82, 2.24) is 10.3 Å². The third-order valence-corrected chi connectivity index (χ3v) is 3.75. The van der Waals surface area contributed by atoms with Crippen LogP contribution in [0.25, 0.3) is 10.9 Å². The van der Waals surface area contributed by atoms with Crippen LogP contribution in [0.2, 0.25) is 0 Å². The van der Waals surface area contributed by atoms with Gasteiger partial charge in [-0.15, -0.1) is 0 Å². The van der Waals surface area contributed by atoms with Crippen LogP contribution in [0.15, 0.2) is 30.5 Å². The number of piperidine rings is 1. The molecule has 0 saturated carbocycles. The lowest BCUT2D eigenvalue weighted by Gasteiger charge is -2.23. The van der Waals surface area contributed by atoms with E-state index in [0.717, 1.165) is 13.0 Å². The molecule has 1 fully saturated rings. The van der Waals surface area contributed by atoms with E-state index in [1.54, 1.807) is 6.07 Å². The smallest absolute Gasteiger partial charge is 0.329 e. The molecule has 0 radical (unpaired) electrons. The van der Waals surface area contributed by atoms with E-state index in [1.165, 1.54) is 19.0 Å². The minimum Gasteiger partial charge on any atom is -0.485 e. The summed E-state index contributed by atoms with van der Waals surface area (Å²) in [4.78, 5) is 14.9. The molecule has 1 aromatic carbocycles. The Hall–Kier alpha value is -2.21. The van der Waals surface area contributed by atoms with Gasteiger partial charge in [-0.25, -0.2) is 4.98 Å². The topological polar surface area (TPSA) is 77.3 Å². The summed E-state index contributed by atoms with van der Waals surface area (Å²) < 4.78 is 5.81. The largest absolute Gasteiger partial charge is 0.485 e. The van der Waals surface area contributed by atoms with Crippen molar-refractivity contribution in [1.29, 1.82) is 0 Å². The van der Waals surface area contributed by atoms with Crippen LogP contribution in [0.1, 0.15) is 19.3 Å². The number of fused-ring (bicyclic) bond motifs is 1. The SMILES string of the molecule is O=[N+]([O-])c1cnc2ccccc2c1OCC1CCCCN1. The molecule has 6 nitrogen and oxygen atoms in total. The number of hydrogen-bond donors (Lipinski definition) is 1. The molecule has 1 unspecified atom stereocenters. The van der Waals surface area contributed by atoms with E-state index in [0.29, 0.717) is 23.3 Å². The molecule has 1 aromatic heterocycles. The van der Waals surface area contributed by atoms with Gasteiger partial charge in [0, 0.05) is 11.4 Å². The zero-order valence-corrected chi connectivity index (χ0v) is 11.6. The van der Waals surface area contributed by atoms with E-state index in [9.17, 15) is 10.1 Å². The Morgan fingerprint density at radius 1 is 1.38 bits per heavy atom. The molecule has 1 aliphatic rings. The molecule has 21 heavy (non-hydrogen) atoms. The normalized spacial score (nSPS) is 18.6. The van der Waals surface area contributed by atoms with E-state index in [4.69, 9.17) is 4.74 Å². The van der Waals surface area contributed by atoms with Crippen molar-refractivity contribution >= 4 is 16.6 Å². The van der Waals surface area contributed by atoms with Crippen LogP contribution in [0.3, 0.4) is 0 Å². The number of aromatic nitrogens is 1. The lowest BCUT2D eigenvalue weighted by Crippen LogP contribution is -2.38. The number of nitro groups is 1. The molecule has 0 spiro atoms. The lowest BCUT2D eigenvalue weighted by molar-refractivity contribution is -0.386. The Morgan fingerprint density at radius 2 is 2.24 bits per heavy atom. The van der Waals surface area contributed by atoms with Gasteiger partial charge in [0.05, 0.1) is 10.4 Å². The van der Waals surface area contributed by atoms with E-state index in [1.807, 2.05) is 18.2 Å². The Morgan fingerprint density at radius 3 is 3.00 bits per heavy atom. The average molecular weight is 287 g/mol. The Kier molecular flexibility index (Phi) is 3.96. The second-order valence-electron chi connectivity index (χ2n) is 5.20. The van der Waals surface area contributed by atoms with Crippen molar-refractivity contribution in [3.05, 3.63) is 40.6 Å². The van der Waals surface area contributed by atoms with Gasteiger partial charge in [-0.2, -0.15) is 0 Å². The van der Waals surface area contributed by atoms with Crippen LogP contribution in [-0.4, -0.2) is 29.1 Å². The zero-order chi connectivity index (χ0) is 14.7. The predicted octanol–water partition coefficient (Wildman–Crippen LogP) is 2.66.